The predicted octanol–water partition coefficient (Wildman–Crippen LogP) is 4.84. The van der Waals surface area contributed by atoms with Crippen LogP contribution >= 0.6 is 23.2 Å². The lowest BCUT2D eigenvalue weighted by Crippen LogP contribution is -2.25. The topological polar surface area (TPSA) is 59.2 Å². The second kappa shape index (κ2) is 6.90. The Morgan fingerprint density at radius 3 is 2.74 bits per heavy atom. The smallest absolute Gasteiger partial charge is 0.232 e. The molecule has 3 aromatic rings. The van der Waals surface area contributed by atoms with Gasteiger partial charge in [0.15, 0.2) is 5.82 Å². The Bertz CT molecular complexity index is 1040. The summed E-state index contributed by atoms with van der Waals surface area (Å²) < 4.78 is 33.1. The Hall–Kier alpha value is -2.51. The molecule has 1 fully saturated rings. The highest BCUT2D eigenvalue weighted by Crippen LogP contribution is 2.35. The Labute approximate surface area is 162 Å². The molecule has 1 unspecified atom stereocenters. The van der Waals surface area contributed by atoms with Crippen molar-refractivity contribution in [1.29, 1.82) is 0 Å². The zero-order valence-corrected chi connectivity index (χ0v) is 15.1. The van der Waals surface area contributed by atoms with Crippen molar-refractivity contribution in [3.63, 3.8) is 0 Å². The van der Waals surface area contributed by atoms with Crippen molar-refractivity contribution in [3.05, 3.63) is 64.0 Å². The lowest BCUT2D eigenvalue weighted by molar-refractivity contribution is -0.117. The van der Waals surface area contributed by atoms with E-state index in [0.717, 1.165) is 0 Å². The minimum Gasteiger partial charge on any atom is -0.339 e. The molecule has 27 heavy (non-hydrogen) atoms. The average Bonchev–Trinajstić information content (AvgIpc) is 3.27. The Balaban J connectivity index is 1.59. The van der Waals surface area contributed by atoms with Crippen molar-refractivity contribution in [2.75, 3.05) is 11.4 Å². The molecule has 1 atom stereocenters. The van der Waals surface area contributed by atoms with Gasteiger partial charge in [0.1, 0.15) is 5.82 Å². The maximum Gasteiger partial charge on any atom is 0.232 e. The molecule has 4 rings (SSSR count). The number of hydrogen-bond donors (Lipinski definition) is 0. The summed E-state index contributed by atoms with van der Waals surface area (Å²) in [6.07, 6.45) is 0.0859. The summed E-state index contributed by atoms with van der Waals surface area (Å²) >= 11 is 11.5. The van der Waals surface area contributed by atoms with E-state index in [1.54, 1.807) is 12.1 Å². The molecule has 1 aliphatic rings. The van der Waals surface area contributed by atoms with Crippen LogP contribution in [0, 0.1) is 11.6 Å². The van der Waals surface area contributed by atoms with Gasteiger partial charge in [-0.2, -0.15) is 4.98 Å². The molecule has 138 valence electrons. The monoisotopic (exact) mass is 409 g/mol. The summed E-state index contributed by atoms with van der Waals surface area (Å²) in [4.78, 5) is 17.9. The summed E-state index contributed by atoms with van der Waals surface area (Å²) in [5.74, 6) is -1.54. The fraction of sp³-hybridized carbons (Fsp3) is 0.167. The van der Waals surface area contributed by atoms with Gasteiger partial charge in [-0.05, 0) is 30.3 Å². The molecule has 0 aliphatic carbocycles. The van der Waals surface area contributed by atoms with E-state index >= 15 is 0 Å². The van der Waals surface area contributed by atoms with Crippen molar-refractivity contribution in [3.8, 4) is 11.4 Å². The zero-order valence-electron chi connectivity index (χ0n) is 13.6. The molecular weight excluding hydrogens is 399 g/mol. The van der Waals surface area contributed by atoms with Crippen LogP contribution in [0.25, 0.3) is 11.4 Å². The van der Waals surface area contributed by atoms with Crippen LogP contribution in [-0.2, 0) is 4.79 Å². The van der Waals surface area contributed by atoms with E-state index < -0.39 is 17.6 Å². The maximum atomic E-state index is 14.2. The summed E-state index contributed by atoms with van der Waals surface area (Å²) in [5, 5.41) is 3.76. The number of benzene rings is 2. The SMILES string of the molecule is O=C1CC(c2nc(-c3ccc(Cl)c(F)c3)no2)CN1c1cccc(Cl)c1F. The normalized spacial score (nSPS) is 17.0. The van der Waals surface area contributed by atoms with Gasteiger partial charge in [-0.25, -0.2) is 8.78 Å². The van der Waals surface area contributed by atoms with Gasteiger partial charge in [-0.3, -0.25) is 4.79 Å². The Morgan fingerprint density at radius 2 is 1.96 bits per heavy atom. The van der Waals surface area contributed by atoms with Crippen LogP contribution in [0.15, 0.2) is 40.9 Å². The highest BCUT2D eigenvalue weighted by atomic mass is 35.5. The number of carbonyl (C=O) groups is 1. The summed E-state index contributed by atoms with van der Waals surface area (Å²) in [5.41, 5.74) is 0.503. The number of hydrogen-bond acceptors (Lipinski definition) is 4. The van der Waals surface area contributed by atoms with Gasteiger partial charge in [0, 0.05) is 18.5 Å². The van der Waals surface area contributed by atoms with Gasteiger partial charge in [0.05, 0.1) is 21.7 Å². The van der Waals surface area contributed by atoms with Crippen LogP contribution < -0.4 is 4.90 Å². The van der Waals surface area contributed by atoms with E-state index in [9.17, 15) is 13.6 Å². The number of anilines is 1. The van der Waals surface area contributed by atoms with E-state index in [2.05, 4.69) is 10.1 Å². The molecule has 0 N–H and O–H groups in total. The van der Waals surface area contributed by atoms with Gasteiger partial charge in [-0.1, -0.05) is 34.4 Å². The van der Waals surface area contributed by atoms with E-state index in [-0.39, 0.29) is 46.3 Å². The van der Waals surface area contributed by atoms with Crippen LogP contribution in [0.3, 0.4) is 0 Å². The standard InChI is InChI=1S/C18H11Cl2F2N3O2/c19-11-5-4-9(6-13(11)21)17-23-18(27-24-17)10-7-15(26)25(8-10)14-3-1-2-12(20)16(14)22/h1-6,10H,7-8H2. The summed E-state index contributed by atoms with van der Waals surface area (Å²) in [7, 11) is 0. The Kier molecular flexibility index (Phi) is 4.57. The van der Waals surface area contributed by atoms with Crippen LogP contribution in [0.5, 0.6) is 0 Å². The van der Waals surface area contributed by atoms with Gasteiger partial charge >= 0.3 is 0 Å². The highest BCUT2D eigenvalue weighted by Gasteiger charge is 2.36. The fourth-order valence-corrected chi connectivity index (χ4v) is 3.25. The Morgan fingerprint density at radius 1 is 1.15 bits per heavy atom. The third-order valence-corrected chi connectivity index (χ3v) is 4.91. The quantitative estimate of drug-likeness (QED) is 0.620. The van der Waals surface area contributed by atoms with Crippen molar-refractivity contribution in [1.82, 2.24) is 10.1 Å². The van der Waals surface area contributed by atoms with Crippen molar-refractivity contribution >= 4 is 34.8 Å². The minimum atomic E-state index is -0.656. The van der Waals surface area contributed by atoms with Crippen LogP contribution in [0.2, 0.25) is 10.0 Å². The van der Waals surface area contributed by atoms with E-state index in [0.29, 0.717) is 5.56 Å². The molecule has 1 aromatic heterocycles. The number of aromatic nitrogens is 2. The van der Waals surface area contributed by atoms with Crippen molar-refractivity contribution < 1.29 is 18.1 Å². The largest absolute Gasteiger partial charge is 0.339 e. The molecule has 1 amide bonds. The predicted molar refractivity (Wildman–Crippen MR) is 95.8 cm³/mol. The molecule has 0 saturated carbocycles. The summed E-state index contributed by atoms with van der Waals surface area (Å²) in [6.45, 7) is 0.173. The zero-order chi connectivity index (χ0) is 19.1. The number of carbonyl (C=O) groups excluding carboxylic acids is 1. The fourth-order valence-electron chi connectivity index (χ4n) is 2.96. The second-order valence-electron chi connectivity index (χ2n) is 6.06. The number of nitrogens with zero attached hydrogens (tertiary/aromatic N) is 3. The van der Waals surface area contributed by atoms with Crippen molar-refractivity contribution in [2.24, 2.45) is 0 Å². The maximum absolute atomic E-state index is 14.2. The lowest BCUT2D eigenvalue weighted by atomic mass is 10.1. The molecule has 0 spiro atoms. The van der Waals surface area contributed by atoms with E-state index in [4.69, 9.17) is 27.7 Å². The molecule has 9 heteroatoms. The molecule has 2 aromatic carbocycles. The summed E-state index contributed by atoms with van der Waals surface area (Å²) in [6, 6.07) is 8.62. The first kappa shape index (κ1) is 17.9. The van der Waals surface area contributed by atoms with Gasteiger partial charge in [0.25, 0.3) is 0 Å². The molecule has 2 heterocycles. The molecule has 1 aliphatic heterocycles. The number of rotatable bonds is 3. The second-order valence-corrected chi connectivity index (χ2v) is 6.88. The highest BCUT2D eigenvalue weighted by molar-refractivity contribution is 6.31. The lowest BCUT2D eigenvalue weighted by Gasteiger charge is -2.17. The van der Waals surface area contributed by atoms with Crippen LogP contribution in [0.4, 0.5) is 14.5 Å². The van der Waals surface area contributed by atoms with Crippen molar-refractivity contribution in [2.45, 2.75) is 12.3 Å². The third kappa shape index (κ3) is 3.28. The van der Waals surface area contributed by atoms with Gasteiger partial charge < -0.3 is 9.42 Å². The van der Waals surface area contributed by atoms with Crippen LogP contribution in [-0.4, -0.2) is 22.6 Å². The molecule has 5 nitrogen and oxygen atoms in total. The first-order valence-corrected chi connectivity index (χ1v) is 8.73. The molecule has 0 radical (unpaired) electrons. The molecule has 1 saturated heterocycles. The first-order valence-electron chi connectivity index (χ1n) is 7.97. The average molecular weight is 410 g/mol. The number of amides is 1. The van der Waals surface area contributed by atoms with Gasteiger partial charge in [0.2, 0.25) is 17.6 Å². The van der Waals surface area contributed by atoms with Crippen LogP contribution in [0.1, 0.15) is 18.2 Å². The van der Waals surface area contributed by atoms with E-state index in [1.807, 2.05) is 0 Å². The first-order chi connectivity index (χ1) is 12.9. The van der Waals surface area contributed by atoms with E-state index in [1.165, 1.54) is 29.2 Å². The third-order valence-electron chi connectivity index (χ3n) is 4.32. The number of halogens is 4. The minimum absolute atomic E-state index is 0.0111. The molecule has 0 bridgehead atoms. The molecular formula is C18H11Cl2F2N3O2. The van der Waals surface area contributed by atoms with Gasteiger partial charge in [-0.15, -0.1) is 0 Å².